The number of nitrogens with zero attached hydrogens (tertiary/aromatic N) is 7. The topological polar surface area (TPSA) is 85.8 Å². The third-order valence-corrected chi connectivity index (χ3v) is 4.35. The van der Waals surface area contributed by atoms with E-state index in [1.165, 1.54) is 11.3 Å². The van der Waals surface area contributed by atoms with Gasteiger partial charge in [-0.25, -0.2) is 4.98 Å². The summed E-state index contributed by atoms with van der Waals surface area (Å²) in [6, 6.07) is 0.325. The summed E-state index contributed by atoms with van der Waals surface area (Å²) in [4.78, 5) is 15.0. The Bertz CT molecular complexity index is 838. The molecule has 0 aliphatic heterocycles. The molecule has 25 heavy (non-hydrogen) atoms. The largest absolute Gasteiger partial charge is 0.337 e. The van der Waals surface area contributed by atoms with Gasteiger partial charge in [-0.15, -0.1) is 0 Å². The molecule has 0 aliphatic carbocycles. The molecular weight excluding hydrogens is 318 g/mol. The zero-order valence-corrected chi connectivity index (χ0v) is 15.3. The second-order valence-corrected chi connectivity index (χ2v) is 6.37. The molecule has 3 aromatic heterocycles. The van der Waals surface area contributed by atoms with Crippen LogP contribution in [0.5, 0.6) is 0 Å². The predicted octanol–water partition coefficient (Wildman–Crippen LogP) is 2.29. The van der Waals surface area contributed by atoms with Gasteiger partial charge in [0, 0.05) is 43.3 Å². The maximum Gasteiger partial charge on any atom is 0.241 e. The van der Waals surface area contributed by atoms with Crippen LogP contribution in [0, 0.1) is 13.8 Å². The Balaban J connectivity index is 1.78. The summed E-state index contributed by atoms with van der Waals surface area (Å²) in [5.74, 6) is 1.02. The van der Waals surface area contributed by atoms with E-state index in [-0.39, 0.29) is 0 Å². The molecule has 0 aromatic carbocycles. The Morgan fingerprint density at radius 2 is 2.00 bits per heavy atom. The Morgan fingerprint density at radius 3 is 2.60 bits per heavy atom. The highest BCUT2D eigenvalue weighted by Gasteiger charge is 2.19. The molecule has 0 saturated carbocycles. The van der Waals surface area contributed by atoms with Crippen molar-refractivity contribution in [3.05, 3.63) is 41.4 Å². The quantitative estimate of drug-likeness (QED) is 0.680. The molecule has 3 rings (SSSR count). The molecule has 0 atom stereocenters. The third kappa shape index (κ3) is 3.74. The van der Waals surface area contributed by atoms with Gasteiger partial charge in [0.05, 0.1) is 18.4 Å². The Labute approximate surface area is 146 Å². The van der Waals surface area contributed by atoms with Crippen LogP contribution in [0.2, 0.25) is 0 Å². The molecule has 3 aromatic rings. The summed E-state index contributed by atoms with van der Waals surface area (Å²) in [6.07, 6.45) is 4.85. The lowest BCUT2D eigenvalue weighted by molar-refractivity contribution is 0.176. The Morgan fingerprint density at radius 1 is 1.20 bits per heavy atom. The second kappa shape index (κ2) is 7.10. The lowest BCUT2D eigenvalue weighted by Gasteiger charge is -2.24. The summed E-state index contributed by atoms with van der Waals surface area (Å²) in [7, 11) is 1.97. The van der Waals surface area contributed by atoms with Gasteiger partial charge < -0.3 is 4.52 Å². The van der Waals surface area contributed by atoms with Crippen LogP contribution in [0.1, 0.15) is 36.7 Å². The van der Waals surface area contributed by atoms with Gasteiger partial charge in [0.2, 0.25) is 11.7 Å². The SMILES string of the molecule is Cc1nn(C)c(C)c1CN(Cc1nc(-c2cnccn2)no1)C(C)C. The average Bonchev–Trinajstić information content (AvgIpc) is 3.15. The molecule has 0 saturated heterocycles. The fourth-order valence-corrected chi connectivity index (χ4v) is 2.68. The lowest BCUT2D eigenvalue weighted by atomic mass is 10.1. The smallest absolute Gasteiger partial charge is 0.241 e. The van der Waals surface area contributed by atoms with Gasteiger partial charge in [0.1, 0.15) is 5.69 Å². The van der Waals surface area contributed by atoms with Crippen LogP contribution in [0.3, 0.4) is 0 Å². The third-order valence-electron chi connectivity index (χ3n) is 4.35. The van der Waals surface area contributed by atoms with E-state index in [2.05, 4.69) is 50.9 Å². The first-order chi connectivity index (χ1) is 12.0. The second-order valence-electron chi connectivity index (χ2n) is 6.37. The standard InChI is InChI=1S/C17H23N7O/c1-11(2)24(9-14-12(3)21-23(5)13(14)4)10-16-20-17(22-25-16)15-8-18-6-7-19-15/h6-8,11H,9-10H2,1-5H3. The van der Waals surface area contributed by atoms with Crippen molar-refractivity contribution >= 4 is 0 Å². The highest BCUT2D eigenvalue weighted by molar-refractivity contribution is 5.45. The van der Waals surface area contributed by atoms with E-state index in [0.29, 0.717) is 30.0 Å². The minimum absolute atomic E-state index is 0.325. The minimum atomic E-state index is 0.325. The van der Waals surface area contributed by atoms with E-state index in [0.717, 1.165) is 12.2 Å². The van der Waals surface area contributed by atoms with Gasteiger partial charge in [-0.05, 0) is 27.7 Å². The maximum atomic E-state index is 5.41. The van der Waals surface area contributed by atoms with Crippen molar-refractivity contribution in [2.75, 3.05) is 0 Å². The molecule has 0 amide bonds. The van der Waals surface area contributed by atoms with Gasteiger partial charge in [-0.2, -0.15) is 10.1 Å². The molecule has 0 unspecified atom stereocenters. The summed E-state index contributed by atoms with van der Waals surface area (Å²) >= 11 is 0. The zero-order valence-electron chi connectivity index (χ0n) is 15.3. The Kier molecular flexibility index (Phi) is 4.89. The van der Waals surface area contributed by atoms with E-state index in [4.69, 9.17) is 4.52 Å². The highest BCUT2D eigenvalue weighted by atomic mass is 16.5. The molecule has 3 heterocycles. The molecule has 0 N–H and O–H groups in total. The van der Waals surface area contributed by atoms with Crippen molar-refractivity contribution < 1.29 is 4.52 Å². The van der Waals surface area contributed by atoms with Gasteiger partial charge >= 0.3 is 0 Å². The van der Waals surface area contributed by atoms with E-state index >= 15 is 0 Å². The summed E-state index contributed by atoms with van der Waals surface area (Å²) < 4.78 is 7.33. The summed E-state index contributed by atoms with van der Waals surface area (Å²) in [5, 5.41) is 8.51. The monoisotopic (exact) mass is 341 g/mol. The van der Waals surface area contributed by atoms with Crippen molar-refractivity contribution in [1.82, 2.24) is 34.8 Å². The molecule has 0 fully saturated rings. The van der Waals surface area contributed by atoms with Crippen LogP contribution >= 0.6 is 0 Å². The van der Waals surface area contributed by atoms with E-state index in [1.807, 2.05) is 18.7 Å². The zero-order chi connectivity index (χ0) is 18.0. The van der Waals surface area contributed by atoms with Gasteiger partial charge in [0.25, 0.3) is 0 Å². The highest BCUT2D eigenvalue weighted by Crippen LogP contribution is 2.19. The summed E-state index contributed by atoms with van der Waals surface area (Å²) in [5.41, 5.74) is 4.07. The summed E-state index contributed by atoms with van der Waals surface area (Å²) in [6.45, 7) is 9.79. The van der Waals surface area contributed by atoms with Crippen LogP contribution in [-0.2, 0) is 20.1 Å². The van der Waals surface area contributed by atoms with Crippen molar-refractivity contribution in [3.8, 4) is 11.5 Å². The Hall–Kier alpha value is -2.61. The van der Waals surface area contributed by atoms with Gasteiger partial charge in [0.15, 0.2) is 0 Å². The lowest BCUT2D eigenvalue weighted by Crippen LogP contribution is -2.30. The molecular formula is C17H23N7O. The first-order valence-electron chi connectivity index (χ1n) is 8.27. The molecule has 132 valence electrons. The first kappa shape index (κ1) is 17.2. The molecule has 0 bridgehead atoms. The van der Waals surface area contributed by atoms with Crippen LogP contribution in [0.4, 0.5) is 0 Å². The van der Waals surface area contributed by atoms with Crippen molar-refractivity contribution in [1.29, 1.82) is 0 Å². The minimum Gasteiger partial charge on any atom is -0.337 e. The number of aryl methyl sites for hydroxylation is 2. The van der Waals surface area contributed by atoms with Crippen LogP contribution in [-0.4, -0.2) is 40.8 Å². The van der Waals surface area contributed by atoms with Gasteiger partial charge in [-0.3, -0.25) is 14.6 Å². The normalized spacial score (nSPS) is 11.6. The van der Waals surface area contributed by atoms with Crippen LogP contribution in [0.25, 0.3) is 11.5 Å². The molecule has 0 aliphatic rings. The van der Waals surface area contributed by atoms with Crippen LogP contribution in [0.15, 0.2) is 23.1 Å². The van der Waals surface area contributed by atoms with Crippen LogP contribution < -0.4 is 0 Å². The van der Waals surface area contributed by atoms with E-state index in [1.54, 1.807) is 18.6 Å². The van der Waals surface area contributed by atoms with E-state index < -0.39 is 0 Å². The fraction of sp³-hybridized carbons (Fsp3) is 0.471. The van der Waals surface area contributed by atoms with Gasteiger partial charge in [-0.1, -0.05) is 5.16 Å². The number of aromatic nitrogens is 6. The number of hydrogen-bond acceptors (Lipinski definition) is 7. The average molecular weight is 341 g/mol. The maximum absolute atomic E-state index is 5.41. The van der Waals surface area contributed by atoms with Crippen molar-refractivity contribution in [3.63, 3.8) is 0 Å². The van der Waals surface area contributed by atoms with Crippen molar-refractivity contribution in [2.24, 2.45) is 7.05 Å². The molecule has 0 spiro atoms. The molecule has 0 radical (unpaired) electrons. The molecule has 8 nitrogen and oxygen atoms in total. The molecule has 8 heteroatoms. The van der Waals surface area contributed by atoms with E-state index in [9.17, 15) is 0 Å². The van der Waals surface area contributed by atoms with Crippen molar-refractivity contribution in [2.45, 2.75) is 46.8 Å². The first-order valence-corrected chi connectivity index (χ1v) is 8.27. The number of rotatable bonds is 6. The fourth-order valence-electron chi connectivity index (χ4n) is 2.68. The predicted molar refractivity (Wildman–Crippen MR) is 92.4 cm³/mol. The number of hydrogen-bond donors (Lipinski definition) is 0.